The van der Waals surface area contributed by atoms with Gasteiger partial charge in [-0.05, 0) is 36.2 Å². The molecule has 1 aromatic carbocycles. The van der Waals surface area contributed by atoms with Crippen LogP contribution in [0.4, 0.5) is 0 Å². The predicted molar refractivity (Wildman–Crippen MR) is 86.2 cm³/mol. The van der Waals surface area contributed by atoms with Crippen molar-refractivity contribution in [2.75, 3.05) is 6.54 Å². The molecular formula is C17H22N4. The predicted octanol–water partition coefficient (Wildman–Crippen LogP) is 2.73. The molecular weight excluding hydrogens is 260 g/mol. The SMILES string of the molecule is CCNCc1cccc2c1ccn2CCc1cnn(C)c1. The maximum atomic E-state index is 4.23. The third-order valence-corrected chi connectivity index (χ3v) is 3.87. The molecule has 3 aromatic rings. The Balaban J connectivity index is 1.79. The maximum absolute atomic E-state index is 4.23. The first-order valence-electron chi connectivity index (χ1n) is 7.53. The highest BCUT2D eigenvalue weighted by molar-refractivity contribution is 5.83. The largest absolute Gasteiger partial charge is 0.347 e. The Morgan fingerprint density at radius 3 is 2.90 bits per heavy atom. The van der Waals surface area contributed by atoms with Crippen molar-refractivity contribution in [2.24, 2.45) is 7.05 Å². The molecule has 1 N–H and O–H groups in total. The lowest BCUT2D eigenvalue weighted by atomic mass is 10.1. The quantitative estimate of drug-likeness (QED) is 0.754. The van der Waals surface area contributed by atoms with Crippen LogP contribution in [0.25, 0.3) is 10.9 Å². The van der Waals surface area contributed by atoms with Crippen LogP contribution in [-0.2, 0) is 26.6 Å². The summed E-state index contributed by atoms with van der Waals surface area (Å²) in [7, 11) is 1.96. The van der Waals surface area contributed by atoms with Crippen LogP contribution in [0.5, 0.6) is 0 Å². The molecule has 0 aliphatic rings. The van der Waals surface area contributed by atoms with E-state index >= 15 is 0 Å². The first-order valence-corrected chi connectivity index (χ1v) is 7.53. The van der Waals surface area contributed by atoms with E-state index in [4.69, 9.17) is 0 Å². The van der Waals surface area contributed by atoms with E-state index in [1.54, 1.807) is 0 Å². The first-order chi connectivity index (χ1) is 10.3. The molecule has 0 spiro atoms. The highest BCUT2D eigenvalue weighted by Gasteiger charge is 2.06. The van der Waals surface area contributed by atoms with Crippen LogP contribution < -0.4 is 5.32 Å². The van der Waals surface area contributed by atoms with Crippen LogP contribution in [0.15, 0.2) is 42.9 Å². The minimum atomic E-state index is 0.931. The van der Waals surface area contributed by atoms with Crippen LogP contribution in [0.2, 0.25) is 0 Å². The third kappa shape index (κ3) is 3.00. The van der Waals surface area contributed by atoms with Gasteiger partial charge in [-0.3, -0.25) is 4.68 Å². The molecule has 0 unspecified atom stereocenters. The number of nitrogens with zero attached hydrogens (tertiary/aromatic N) is 3. The Morgan fingerprint density at radius 1 is 1.24 bits per heavy atom. The van der Waals surface area contributed by atoms with Gasteiger partial charge in [0, 0.05) is 43.4 Å². The van der Waals surface area contributed by atoms with Crippen LogP contribution in [-0.4, -0.2) is 20.9 Å². The number of rotatable bonds is 6. The molecule has 0 aliphatic carbocycles. The van der Waals surface area contributed by atoms with E-state index < -0.39 is 0 Å². The summed E-state index contributed by atoms with van der Waals surface area (Å²) in [6, 6.07) is 8.78. The third-order valence-electron chi connectivity index (χ3n) is 3.87. The smallest absolute Gasteiger partial charge is 0.0522 e. The van der Waals surface area contributed by atoms with Crippen molar-refractivity contribution in [2.45, 2.75) is 26.4 Å². The fraction of sp³-hybridized carbons (Fsp3) is 0.353. The molecule has 0 saturated heterocycles. The summed E-state index contributed by atoms with van der Waals surface area (Å²) in [5.41, 5.74) is 3.96. The van der Waals surface area contributed by atoms with Gasteiger partial charge in [0.15, 0.2) is 0 Å². The van der Waals surface area contributed by atoms with Crippen LogP contribution in [0.3, 0.4) is 0 Å². The zero-order valence-corrected chi connectivity index (χ0v) is 12.7. The van der Waals surface area contributed by atoms with Gasteiger partial charge >= 0.3 is 0 Å². The van der Waals surface area contributed by atoms with Crippen LogP contribution in [0.1, 0.15) is 18.1 Å². The molecule has 0 amide bonds. The molecule has 0 aliphatic heterocycles. The fourth-order valence-electron chi connectivity index (χ4n) is 2.75. The van der Waals surface area contributed by atoms with Gasteiger partial charge in [0.1, 0.15) is 0 Å². The Bertz CT molecular complexity index is 723. The minimum absolute atomic E-state index is 0.931. The Hall–Kier alpha value is -2.07. The summed E-state index contributed by atoms with van der Waals surface area (Å²) in [4.78, 5) is 0. The molecule has 0 bridgehead atoms. The normalized spacial score (nSPS) is 11.3. The van der Waals surface area contributed by atoms with E-state index in [0.29, 0.717) is 0 Å². The monoisotopic (exact) mass is 282 g/mol. The molecule has 2 aromatic heterocycles. The van der Waals surface area contributed by atoms with E-state index in [9.17, 15) is 0 Å². The lowest BCUT2D eigenvalue weighted by Crippen LogP contribution is -2.11. The van der Waals surface area contributed by atoms with Gasteiger partial charge < -0.3 is 9.88 Å². The molecule has 0 fully saturated rings. The van der Waals surface area contributed by atoms with Gasteiger partial charge in [-0.25, -0.2) is 0 Å². The molecule has 4 nitrogen and oxygen atoms in total. The second kappa shape index (κ2) is 6.14. The summed E-state index contributed by atoms with van der Waals surface area (Å²) in [6.07, 6.45) is 7.23. The maximum Gasteiger partial charge on any atom is 0.0522 e. The van der Waals surface area contributed by atoms with Gasteiger partial charge in [0.05, 0.1) is 6.20 Å². The van der Waals surface area contributed by atoms with Gasteiger partial charge in [-0.15, -0.1) is 0 Å². The molecule has 21 heavy (non-hydrogen) atoms. The number of hydrogen-bond acceptors (Lipinski definition) is 2. The van der Waals surface area contributed by atoms with E-state index in [-0.39, 0.29) is 0 Å². The molecule has 110 valence electrons. The van der Waals surface area contributed by atoms with Gasteiger partial charge in [-0.2, -0.15) is 5.10 Å². The molecule has 3 rings (SSSR count). The highest BCUT2D eigenvalue weighted by atomic mass is 15.2. The summed E-state index contributed by atoms with van der Waals surface area (Å²) in [5.74, 6) is 0. The highest BCUT2D eigenvalue weighted by Crippen LogP contribution is 2.20. The van der Waals surface area contributed by atoms with Crippen molar-refractivity contribution in [1.29, 1.82) is 0 Å². The van der Waals surface area contributed by atoms with Crippen molar-refractivity contribution in [3.05, 3.63) is 54.0 Å². The summed E-state index contributed by atoms with van der Waals surface area (Å²) >= 11 is 0. The average Bonchev–Trinajstić information content (AvgIpc) is 3.09. The number of fused-ring (bicyclic) bond motifs is 1. The average molecular weight is 282 g/mol. The fourth-order valence-corrected chi connectivity index (χ4v) is 2.75. The van der Waals surface area contributed by atoms with Crippen molar-refractivity contribution in [3.63, 3.8) is 0 Å². The lowest BCUT2D eigenvalue weighted by Gasteiger charge is -2.07. The molecule has 2 heterocycles. The van der Waals surface area contributed by atoms with Crippen LogP contribution in [0, 0.1) is 0 Å². The zero-order valence-electron chi connectivity index (χ0n) is 12.7. The summed E-state index contributed by atoms with van der Waals surface area (Å²) < 4.78 is 4.19. The van der Waals surface area contributed by atoms with E-state index in [1.807, 2.05) is 17.9 Å². The lowest BCUT2D eigenvalue weighted by molar-refractivity contribution is 0.719. The van der Waals surface area contributed by atoms with Crippen LogP contribution >= 0.6 is 0 Å². The van der Waals surface area contributed by atoms with E-state index in [1.165, 1.54) is 22.0 Å². The van der Waals surface area contributed by atoms with E-state index in [2.05, 4.69) is 58.6 Å². The Labute approximate surface area is 125 Å². The molecule has 0 atom stereocenters. The zero-order chi connectivity index (χ0) is 14.7. The molecule has 0 saturated carbocycles. The number of aryl methyl sites for hydroxylation is 3. The Kier molecular flexibility index (Phi) is 4.06. The molecule has 4 heteroatoms. The second-order valence-corrected chi connectivity index (χ2v) is 5.41. The van der Waals surface area contributed by atoms with Gasteiger partial charge in [0.25, 0.3) is 0 Å². The summed E-state index contributed by atoms with van der Waals surface area (Å²) in [5, 5.41) is 8.98. The topological polar surface area (TPSA) is 34.8 Å². The Morgan fingerprint density at radius 2 is 2.14 bits per heavy atom. The standard InChI is InChI=1S/C17H22N4/c1-3-18-12-15-5-4-6-17-16(15)8-10-21(17)9-7-14-11-19-20(2)13-14/h4-6,8,10-11,13,18H,3,7,9,12H2,1-2H3. The van der Waals surface area contributed by atoms with Crippen molar-refractivity contribution in [1.82, 2.24) is 19.7 Å². The first kappa shape index (κ1) is 13.9. The van der Waals surface area contributed by atoms with Crippen molar-refractivity contribution >= 4 is 10.9 Å². The summed E-state index contributed by atoms with van der Waals surface area (Å²) in [6.45, 7) is 5.05. The second-order valence-electron chi connectivity index (χ2n) is 5.41. The van der Waals surface area contributed by atoms with Crippen molar-refractivity contribution < 1.29 is 0 Å². The number of benzene rings is 1. The molecule has 0 radical (unpaired) electrons. The number of aromatic nitrogens is 3. The van der Waals surface area contributed by atoms with E-state index in [0.717, 1.165) is 26.1 Å². The minimum Gasteiger partial charge on any atom is -0.347 e. The van der Waals surface area contributed by atoms with Gasteiger partial charge in [-0.1, -0.05) is 19.1 Å². The number of nitrogens with one attached hydrogen (secondary N) is 1. The van der Waals surface area contributed by atoms with Crippen molar-refractivity contribution in [3.8, 4) is 0 Å². The number of hydrogen-bond donors (Lipinski definition) is 1. The van der Waals surface area contributed by atoms with Gasteiger partial charge in [0.2, 0.25) is 0 Å².